The second kappa shape index (κ2) is 6.53. The van der Waals surface area contributed by atoms with Gasteiger partial charge in [-0.2, -0.15) is 0 Å². The third-order valence-corrected chi connectivity index (χ3v) is 4.36. The second-order valence-electron chi connectivity index (χ2n) is 4.33. The molecule has 0 saturated heterocycles. The number of nitrogens with two attached hydrogens (primary N) is 1. The van der Waals surface area contributed by atoms with Gasteiger partial charge in [-0.3, -0.25) is 10.1 Å². The first kappa shape index (κ1) is 16.6. The summed E-state index contributed by atoms with van der Waals surface area (Å²) in [5.74, 6) is 0. The Bertz CT molecular complexity index is 785. The van der Waals surface area contributed by atoms with Gasteiger partial charge in [-0.15, -0.1) is 23.4 Å². The van der Waals surface area contributed by atoms with Crippen LogP contribution in [0.25, 0.3) is 0 Å². The quantitative estimate of drug-likeness (QED) is 0.288. The average molecular weight is 357 g/mol. The van der Waals surface area contributed by atoms with Crippen LogP contribution < -0.4 is 21.7 Å². The molecular weight excluding hydrogens is 346 g/mol. The molecule has 114 valence electrons. The van der Waals surface area contributed by atoms with Crippen molar-refractivity contribution < 1.29 is 4.92 Å². The van der Waals surface area contributed by atoms with Crippen molar-refractivity contribution in [2.75, 3.05) is 11.1 Å². The molecule has 7 nitrogen and oxygen atoms in total. The summed E-state index contributed by atoms with van der Waals surface area (Å²) >= 11 is 6.05. The van der Waals surface area contributed by atoms with Gasteiger partial charge < -0.3 is 11.1 Å². The van der Waals surface area contributed by atoms with E-state index in [1.54, 1.807) is 12.1 Å². The Balaban J connectivity index is 2.57. The normalized spacial score (nSPS) is 10.3. The maximum Gasteiger partial charge on any atom is 0.323 e. The van der Waals surface area contributed by atoms with E-state index in [-0.39, 0.29) is 11.4 Å². The van der Waals surface area contributed by atoms with Gasteiger partial charge in [0.2, 0.25) is 5.69 Å². The van der Waals surface area contributed by atoms with Crippen LogP contribution in [0.3, 0.4) is 0 Å². The highest BCUT2D eigenvalue weighted by atomic mass is 35.5. The maximum absolute atomic E-state index is 11.2. The van der Waals surface area contributed by atoms with Crippen molar-refractivity contribution in [2.24, 2.45) is 5.18 Å². The van der Waals surface area contributed by atoms with E-state index < -0.39 is 16.3 Å². The summed E-state index contributed by atoms with van der Waals surface area (Å²) in [5, 5.41) is 18.8. The van der Waals surface area contributed by atoms with Crippen LogP contribution in [0.1, 0.15) is 0 Å². The number of hydrogen-bond acceptors (Lipinski definition) is 6. The highest BCUT2D eigenvalue weighted by molar-refractivity contribution is 7.30. The van der Waals surface area contributed by atoms with Crippen LogP contribution in [-0.4, -0.2) is 4.92 Å². The third-order valence-electron chi connectivity index (χ3n) is 2.89. The average Bonchev–Trinajstić information content (AvgIpc) is 2.45. The number of anilines is 3. The van der Waals surface area contributed by atoms with Crippen LogP contribution in [0.5, 0.6) is 0 Å². The fourth-order valence-electron chi connectivity index (χ4n) is 1.84. The SMILES string of the molecule is Nc1ccc(Nc2cc(Cl)c(P)cc2P)c([N+](=O)[O-])c1N=O. The summed E-state index contributed by atoms with van der Waals surface area (Å²) in [7, 11) is 4.98. The van der Waals surface area contributed by atoms with Crippen molar-refractivity contribution in [1.82, 2.24) is 0 Å². The molecule has 2 aromatic carbocycles. The Hall–Kier alpha value is -1.81. The molecule has 0 aromatic heterocycles. The molecule has 0 amide bonds. The first-order valence-corrected chi connectivity index (χ1v) is 7.40. The molecule has 0 spiro atoms. The van der Waals surface area contributed by atoms with Crippen molar-refractivity contribution in [2.45, 2.75) is 0 Å². The number of halogens is 1. The molecule has 3 N–H and O–H groups in total. The largest absolute Gasteiger partial charge is 0.397 e. The molecule has 0 heterocycles. The zero-order valence-electron chi connectivity index (χ0n) is 11.0. The Morgan fingerprint density at radius 2 is 1.91 bits per heavy atom. The molecule has 10 heteroatoms. The number of nitroso groups, excluding NO2 is 1. The summed E-state index contributed by atoms with van der Waals surface area (Å²) in [6.45, 7) is 0. The number of nitrogens with zero attached hydrogens (tertiary/aromatic N) is 2. The Labute approximate surface area is 135 Å². The minimum absolute atomic E-state index is 0.0586. The maximum atomic E-state index is 11.2. The number of nitro groups is 1. The second-order valence-corrected chi connectivity index (χ2v) is 5.99. The number of nitrogens with one attached hydrogen (secondary N) is 1. The molecule has 0 aliphatic carbocycles. The van der Waals surface area contributed by atoms with Gasteiger partial charge >= 0.3 is 5.69 Å². The molecule has 2 aromatic rings. The van der Waals surface area contributed by atoms with E-state index in [4.69, 9.17) is 17.3 Å². The predicted molar refractivity (Wildman–Crippen MR) is 96.4 cm³/mol. The van der Waals surface area contributed by atoms with Crippen molar-refractivity contribution in [3.63, 3.8) is 0 Å². The van der Waals surface area contributed by atoms with Gasteiger partial charge in [-0.05, 0) is 40.1 Å². The fourth-order valence-corrected chi connectivity index (χ4v) is 2.79. The summed E-state index contributed by atoms with van der Waals surface area (Å²) in [6, 6.07) is 6.19. The van der Waals surface area contributed by atoms with Crippen molar-refractivity contribution in [3.05, 3.63) is 44.3 Å². The van der Waals surface area contributed by atoms with Gasteiger partial charge in [0.25, 0.3) is 0 Å². The number of rotatable bonds is 4. The zero-order chi connectivity index (χ0) is 16.4. The van der Waals surface area contributed by atoms with Crippen LogP contribution in [0.15, 0.2) is 29.4 Å². The predicted octanol–water partition coefficient (Wildman–Crippen LogP) is 2.97. The molecule has 0 bridgehead atoms. The topological polar surface area (TPSA) is 111 Å². The van der Waals surface area contributed by atoms with Crippen LogP contribution in [0, 0.1) is 15.0 Å². The first-order valence-electron chi connectivity index (χ1n) is 5.87. The van der Waals surface area contributed by atoms with E-state index in [1.807, 2.05) is 0 Å². The molecule has 0 saturated carbocycles. The Morgan fingerprint density at radius 1 is 1.23 bits per heavy atom. The van der Waals surface area contributed by atoms with E-state index >= 15 is 0 Å². The van der Waals surface area contributed by atoms with Crippen molar-refractivity contribution in [3.8, 4) is 0 Å². The van der Waals surface area contributed by atoms with Crippen LogP contribution in [0.2, 0.25) is 5.02 Å². The summed E-state index contributed by atoms with van der Waals surface area (Å²) in [6.07, 6.45) is 0. The smallest absolute Gasteiger partial charge is 0.323 e. The highest BCUT2D eigenvalue weighted by Crippen LogP contribution is 2.40. The highest BCUT2D eigenvalue weighted by Gasteiger charge is 2.24. The van der Waals surface area contributed by atoms with Gasteiger partial charge in [0.15, 0.2) is 0 Å². The van der Waals surface area contributed by atoms with Gasteiger partial charge in [-0.25, -0.2) is 0 Å². The van der Waals surface area contributed by atoms with E-state index in [0.29, 0.717) is 10.7 Å². The van der Waals surface area contributed by atoms with Gasteiger partial charge in [0.05, 0.1) is 10.6 Å². The number of benzene rings is 2. The lowest BCUT2D eigenvalue weighted by molar-refractivity contribution is -0.383. The molecule has 2 unspecified atom stereocenters. The standard InChI is InChI=1S/C12H11ClN4O3P2/c13-5-3-8(10(22)4-9(5)21)15-7-2-1-6(14)11(16-18)12(7)17(19)20/h1-4,15H,14,21-22H2. The molecule has 0 radical (unpaired) electrons. The number of nitrogen functional groups attached to an aromatic ring is 1. The van der Waals surface area contributed by atoms with E-state index in [0.717, 1.165) is 10.6 Å². The minimum Gasteiger partial charge on any atom is -0.397 e. The van der Waals surface area contributed by atoms with Crippen LogP contribution in [0.4, 0.5) is 28.4 Å². The molecule has 0 aliphatic heterocycles. The zero-order valence-corrected chi connectivity index (χ0v) is 14.1. The minimum atomic E-state index is -0.705. The Morgan fingerprint density at radius 3 is 2.50 bits per heavy atom. The number of nitro benzene ring substituents is 1. The summed E-state index contributed by atoms with van der Waals surface area (Å²) in [5.41, 5.74) is 5.25. The lowest BCUT2D eigenvalue weighted by Crippen LogP contribution is -2.09. The van der Waals surface area contributed by atoms with Crippen LogP contribution in [-0.2, 0) is 0 Å². The van der Waals surface area contributed by atoms with Gasteiger partial charge in [-0.1, -0.05) is 11.6 Å². The lowest BCUT2D eigenvalue weighted by Gasteiger charge is -2.12. The van der Waals surface area contributed by atoms with E-state index in [1.165, 1.54) is 12.1 Å². The molecule has 22 heavy (non-hydrogen) atoms. The molecule has 2 atom stereocenters. The third kappa shape index (κ3) is 3.17. The van der Waals surface area contributed by atoms with Gasteiger partial charge in [0.1, 0.15) is 5.69 Å². The molecule has 0 fully saturated rings. The van der Waals surface area contributed by atoms with Gasteiger partial charge in [0, 0.05) is 10.7 Å². The fraction of sp³-hybridized carbons (Fsp3) is 0. The summed E-state index contributed by atoms with van der Waals surface area (Å²) < 4.78 is 0. The van der Waals surface area contributed by atoms with E-state index in [2.05, 4.69) is 29.0 Å². The van der Waals surface area contributed by atoms with E-state index in [9.17, 15) is 15.0 Å². The molecular formula is C12H11ClN4O3P2. The van der Waals surface area contributed by atoms with Crippen molar-refractivity contribution >= 4 is 69.1 Å². The molecule has 2 rings (SSSR count). The van der Waals surface area contributed by atoms with Crippen molar-refractivity contribution in [1.29, 1.82) is 0 Å². The van der Waals surface area contributed by atoms with Crippen LogP contribution >= 0.6 is 30.1 Å². The summed E-state index contributed by atoms with van der Waals surface area (Å²) in [4.78, 5) is 21.4. The Kier molecular flexibility index (Phi) is 4.91. The molecule has 0 aliphatic rings. The number of hydrogen-bond donors (Lipinski definition) is 2. The monoisotopic (exact) mass is 356 g/mol. The first-order chi connectivity index (χ1) is 10.3. The lowest BCUT2D eigenvalue weighted by atomic mass is 10.2.